The fraction of sp³-hybridized carbons (Fsp3) is 0.286. The number of aryl methyl sites for hydroxylation is 1. The summed E-state index contributed by atoms with van der Waals surface area (Å²) >= 11 is 1.31. The minimum absolute atomic E-state index is 0.0599. The summed E-state index contributed by atoms with van der Waals surface area (Å²) < 4.78 is 22.5. The number of fused-ring (bicyclic) bond motifs is 2. The summed E-state index contributed by atoms with van der Waals surface area (Å²) in [5.41, 5.74) is 2.12. The Labute approximate surface area is 170 Å². The van der Waals surface area contributed by atoms with E-state index in [1.54, 1.807) is 15.4 Å². The number of thiazole rings is 1. The smallest absolute Gasteiger partial charge is 0.279 e. The number of nitrogens with zero attached hydrogens (tertiary/aromatic N) is 4. The molecule has 0 saturated carbocycles. The SMILES string of the molecule is Cc1nc2ccccn2c1C(=O)N(CC1CCCO1)c1nc2c(F)cccc2s1. The lowest BCUT2D eigenvalue weighted by atomic mass is 10.2. The van der Waals surface area contributed by atoms with Gasteiger partial charge in [-0.1, -0.05) is 23.5 Å². The molecule has 1 aliphatic rings. The molecule has 148 valence electrons. The van der Waals surface area contributed by atoms with E-state index in [2.05, 4.69) is 9.97 Å². The van der Waals surface area contributed by atoms with Gasteiger partial charge >= 0.3 is 0 Å². The summed E-state index contributed by atoms with van der Waals surface area (Å²) in [5, 5.41) is 0.468. The Kier molecular flexibility index (Phi) is 4.52. The highest BCUT2D eigenvalue weighted by Gasteiger charge is 2.30. The van der Waals surface area contributed by atoms with Crippen LogP contribution in [0, 0.1) is 12.7 Å². The van der Waals surface area contributed by atoms with Crippen molar-refractivity contribution in [3.05, 3.63) is 59.8 Å². The summed E-state index contributed by atoms with van der Waals surface area (Å²) in [6, 6.07) is 10.5. The molecule has 1 aliphatic heterocycles. The number of pyridine rings is 1. The lowest BCUT2D eigenvalue weighted by Gasteiger charge is -2.23. The van der Waals surface area contributed by atoms with Crippen molar-refractivity contribution in [1.29, 1.82) is 0 Å². The average molecular weight is 410 g/mol. The van der Waals surface area contributed by atoms with Gasteiger partial charge in [-0.15, -0.1) is 0 Å². The fourth-order valence-corrected chi connectivity index (χ4v) is 4.75. The molecule has 1 aromatic carbocycles. The minimum atomic E-state index is -0.388. The number of anilines is 1. The van der Waals surface area contributed by atoms with Crippen molar-refractivity contribution in [1.82, 2.24) is 14.4 Å². The van der Waals surface area contributed by atoms with Crippen LogP contribution in [-0.2, 0) is 4.74 Å². The van der Waals surface area contributed by atoms with Crippen LogP contribution in [0.4, 0.5) is 9.52 Å². The molecule has 6 nitrogen and oxygen atoms in total. The van der Waals surface area contributed by atoms with Crippen molar-refractivity contribution in [2.24, 2.45) is 0 Å². The standard InChI is InChI=1S/C21H19FN4O2S/c1-13-19(25-10-3-2-9-17(25)23-13)20(27)26(12-14-6-5-11-28-14)21-24-18-15(22)7-4-8-16(18)29-21/h2-4,7-10,14H,5-6,11-12H2,1H3. The third kappa shape index (κ3) is 3.18. The highest BCUT2D eigenvalue weighted by molar-refractivity contribution is 7.22. The zero-order valence-corrected chi connectivity index (χ0v) is 16.7. The highest BCUT2D eigenvalue weighted by Crippen LogP contribution is 2.32. The number of benzene rings is 1. The van der Waals surface area contributed by atoms with E-state index < -0.39 is 0 Å². The molecule has 1 unspecified atom stereocenters. The van der Waals surface area contributed by atoms with E-state index in [0.29, 0.717) is 40.0 Å². The first-order valence-electron chi connectivity index (χ1n) is 9.54. The first-order valence-corrected chi connectivity index (χ1v) is 10.4. The van der Waals surface area contributed by atoms with Gasteiger partial charge in [0.2, 0.25) is 0 Å². The minimum Gasteiger partial charge on any atom is -0.376 e. The van der Waals surface area contributed by atoms with Crippen molar-refractivity contribution in [2.45, 2.75) is 25.9 Å². The van der Waals surface area contributed by atoms with Crippen LogP contribution in [0.1, 0.15) is 29.0 Å². The van der Waals surface area contributed by atoms with Crippen LogP contribution < -0.4 is 4.90 Å². The van der Waals surface area contributed by atoms with Crippen molar-refractivity contribution in [3.63, 3.8) is 0 Å². The molecule has 0 aliphatic carbocycles. The molecular formula is C21H19FN4O2S. The van der Waals surface area contributed by atoms with Crippen molar-refractivity contribution < 1.29 is 13.9 Å². The van der Waals surface area contributed by atoms with E-state index in [9.17, 15) is 9.18 Å². The molecule has 1 atom stereocenters. The van der Waals surface area contributed by atoms with Crippen LogP contribution in [0.15, 0.2) is 42.6 Å². The molecule has 0 spiro atoms. The van der Waals surface area contributed by atoms with E-state index in [1.807, 2.05) is 37.4 Å². The Morgan fingerprint density at radius 1 is 1.31 bits per heavy atom. The zero-order chi connectivity index (χ0) is 20.0. The van der Waals surface area contributed by atoms with Crippen LogP contribution in [0.25, 0.3) is 15.9 Å². The topological polar surface area (TPSA) is 59.7 Å². The van der Waals surface area contributed by atoms with Gasteiger partial charge in [-0.05, 0) is 44.0 Å². The third-order valence-corrected chi connectivity index (χ3v) is 6.20. The van der Waals surface area contributed by atoms with Gasteiger partial charge in [-0.25, -0.2) is 14.4 Å². The average Bonchev–Trinajstić information content (AvgIpc) is 3.43. The van der Waals surface area contributed by atoms with Crippen molar-refractivity contribution in [3.8, 4) is 0 Å². The molecule has 3 aromatic heterocycles. The number of carbonyl (C=O) groups excluding carboxylic acids is 1. The number of amides is 1. The van der Waals surface area contributed by atoms with E-state index in [4.69, 9.17) is 4.74 Å². The normalized spacial score (nSPS) is 16.7. The van der Waals surface area contributed by atoms with E-state index in [-0.39, 0.29) is 23.3 Å². The highest BCUT2D eigenvalue weighted by atomic mass is 32.1. The lowest BCUT2D eigenvalue weighted by molar-refractivity contribution is 0.0912. The van der Waals surface area contributed by atoms with Gasteiger partial charge in [0, 0.05) is 12.8 Å². The number of imidazole rings is 1. The summed E-state index contributed by atoms with van der Waals surface area (Å²) in [7, 11) is 0. The Hall–Kier alpha value is -2.84. The predicted molar refractivity (Wildman–Crippen MR) is 110 cm³/mol. The second-order valence-corrected chi connectivity index (χ2v) is 8.12. The quantitative estimate of drug-likeness (QED) is 0.506. The van der Waals surface area contributed by atoms with Gasteiger partial charge < -0.3 is 4.74 Å². The molecular weight excluding hydrogens is 391 g/mol. The molecule has 8 heteroatoms. The van der Waals surface area contributed by atoms with Crippen LogP contribution >= 0.6 is 11.3 Å². The van der Waals surface area contributed by atoms with Gasteiger partial charge in [0.25, 0.3) is 5.91 Å². The van der Waals surface area contributed by atoms with Crippen LogP contribution in [0.3, 0.4) is 0 Å². The molecule has 4 aromatic rings. The third-order valence-electron chi connectivity index (χ3n) is 5.15. The number of para-hydroxylation sites is 1. The first kappa shape index (κ1) is 18.2. The zero-order valence-electron chi connectivity index (χ0n) is 15.8. The second kappa shape index (κ2) is 7.20. The maximum Gasteiger partial charge on any atom is 0.279 e. The van der Waals surface area contributed by atoms with Gasteiger partial charge in [0.15, 0.2) is 5.13 Å². The molecule has 0 N–H and O–H groups in total. The number of aromatic nitrogens is 3. The Bertz CT molecular complexity index is 1210. The van der Waals surface area contributed by atoms with Gasteiger partial charge in [0.1, 0.15) is 22.7 Å². The van der Waals surface area contributed by atoms with Crippen LogP contribution in [0.2, 0.25) is 0 Å². The van der Waals surface area contributed by atoms with E-state index in [0.717, 1.165) is 12.8 Å². The maximum atomic E-state index is 14.2. The summed E-state index contributed by atoms with van der Waals surface area (Å²) in [6.07, 6.45) is 3.62. The number of carbonyl (C=O) groups is 1. The number of hydrogen-bond donors (Lipinski definition) is 0. The second-order valence-electron chi connectivity index (χ2n) is 7.11. The Morgan fingerprint density at radius 3 is 3.00 bits per heavy atom. The van der Waals surface area contributed by atoms with Gasteiger partial charge in [0.05, 0.1) is 23.0 Å². The maximum absolute atomic E-state index is 14.2. The molecule has 4 heterocycles. The van der Waals surface area contributed by atoms with Gasteiger partial charge in [-0.3, -0.25) is 14.1 Å². The number of hydrogen-bond acceptors (Lipinski definition) is 5. The van der Waals surface area contributed by atoms with Crippen molar-refractivity contribution in [2.75, 3.05) is 18.1 Å². The number of ether oxygens (including phenoxy) is 1. The largest absolute Gasteiger partial charge is 0.376 e. The number of halogens is 1. The molecule has 0 bridgehead atoms. The van der Waals surface area contributed by atoms with E-state index in [1.165, 1.54) is 17.4 Å². The van der Waals surface area contributed by atoms with Crippen molar-refractivity contribution >= 4 is 38.2 Å². The Morgan fingerprint density at radius 2 is 2.21 bits per heavy atom. The first-order chi connectivity index (χ1) is 14.1. The molecule has 0 radical (unpaired) electrons. The van der Waals surface area contributed by atoms with Crippen LogP contribution in [-0.4, -0.2) is 39.5 Å². The lowest BCUT2D eigenvalue weighted by Crippen LogP contribution is -2.38. The molecule has 1 amide bonds. The molecule has 1 fully saturated rings. The summed E-state index contributed by atoms with van der Waals surface area (Å²) in [6.45, 7) is 2.89. The summed E-state index contributed by atoms with van der Waals surface area (Å²) in [4.78, 5) is 24.3. The van der Waals surface area contributed by atoms with Crippen LogP contribution in [0.5, 0.6) is 0 Å². The fourth-order valence-electron chi connectivity index (χ4n) is 3.76. The number of rotatable bonds is 4. The molecule has 29 heavy (non-hydrogen) atoms. The van der Waals surface area contributed by atoms with E-state index >= 15 is 0 Å². The molecule has 5 rings (SSSR count). The monoisotopic (exact) mass is 410 g/mol. The predicted octanol–water partition coefficient (Wildman–Crippen LogP) is 4.22. The summed E-state index contributed by atoms with van der Waals surface area (Å²) in [5.74, 6) is -0.600. The van der Waals surface area contributed by atoms with Gasteiger partial charge in [-0.2, -0.15) is 0 Å². The Balaban J connectivity index is 1.61. The molecule has 1 saturated heterocycles.